The monoisotopic (exact) mass is 339 g/mol. The predicted molar refractivity (Wildman–Crippen MR) is 94.0 cm³/mol. The van der Waals surface area contributed by atoms with E-state index in [1.165, 1.54) is 10.6 Å². The number of anilines is 1. The zero-order valence-electron chi connectivity index (χ0n) is 14.2. The molecule has 0 atom stereocenters. The summed E-state index contributed by atoms with van der Waals surface area (Å²) in [7, 11) is -1.75. The van der Waals surface area contributed by atoms with Crippen molar-refractivity contribution in [2.45, 2.75) is 20.3 Å². The van der Waals surface area contributed by atoms with Crippen molar-refractivity contribution in [2.24, 2.45) is 10.9 Å². The lowest BCUT2D eigenvalue weighted by atomic mass is 10.00. The second-order valence-electron chi connectivity index (χ2n) is 6.13. The smallest absolute Gasteiger partial charge is 0.232 e. The fourth-order valence-corrected chi connectivity index (χ4v) is 2.99. The minimum atomic E-state index is -3.32. The summed E-state index contributed by atoms with van der Waals surface area (Å²) in [6.07, 6.45) is 1.95. The Morgan fingerprint density at radius 2 is 2.13 bits per heavy atom. The van der Waals surface area contributed by atoms with E-state index in [-0.39, 0.29) is 0 Å². The molecule has 1 aliphatic rings. The van der Waals surface area contributed by atoms with Crippen molar-refractivity contribution >= 4 is 21.5 Å². The molecule has 0 fully saturated rings. The zero-order chi connectivity index (χ0) is 17.0. The van der Waals surface area contributed by atoms with Gasteiger partial charge in [0.05, 0.1) is 18.5 Å². The summed E-state index contributed by atoms with van der Waals surface area (Å²) >= 11 is 0. The number of hydrogen-bond donors (Lipinski definition) is 1. The first kappa shape index (κ1) is 17.6. The Bertz CT molecular complexity index is 684. The van der Waals surface area contributed by atoms with Gasteiger partial charge in [0.25, 0.3) is 0 Å². The van der Waals surface area contributed by atoms with Crippen molar-refractivity contribution < 1.29 is 13.2 Å². The van der Waals surface area contributed by atoms with Gasteiger partial charge in [0.2, 0.25) is 10.0 Å². The molecular formula is C16H25N3O3S. The van der Waals surface area contributed by atoms with Crippen LogP contribution in [-0.4, -0.2) is 47.3 Å². The number of hydrogen-bond acceptors (Lipinski definition) is 5. The average Bonchev–Trinajstić information content (AvgIpc) is 2.97. The molecule has 1 aliphatic heterocycles. The van der Waals surface area contributed by atoms with Crippen molar-refractivity contribution in [3.63, 3.8) is 0 Å². The van der Waals surface area contributed by atoms with Gasteiger partial charge in [-0.3, -0.25) is 9.30 Å². The molecule has 0 unspecified atom stereocenters. The van der Waals surface area contributed by atoms with Crippen LogP contribution in [0.4, 0.5) is 5.69 Å². The summed E-state index contributed by atoms with van der Waals surface area (Å²) in [5.74, 6) is 1.93. The van der Waals surface area contributed by atoms with Gasteiger partial charge in [0, 0.05) is 19.2 Å². The topological polar surface area (TPSA) is 71.0 Å². The van der Waals surface area contributed by atoms with Gasteiger partial charge in [-0.15, -0.1) is 0 Å². The third-order valence-corrected chi connectivity index (χ3v) is 4.86. The van der Waals surface area contributed by atoms with Gasteiger partial charge in [0.15, 0.2) is 0 Å². The minimum Gasteiger partial charge on any atom is -0.485 e. The quantitative estimate of drug-likeness (QED) is 0.820. The van der Waals surface area contributed by atoms with Gasteiger partial charge in [-0.2, -0.15) is 0 Å². The van der Waals surface area contributed by atoms with Crippen molar-refractivity contribution in [1.29, 1.82) is 0 Å². The number of rotatable bonds is 7. The molecular weight excluding hydrogens is 314 g/mol. The highest BCUT2D eigenvalue weighted by atomic mass is 32.2. The maximum Gasteiger partial charge on any atom is 0.232 e. The minimum absolute atomic E-state index is 0.372. The van der Waals surface area contributed by atoms with Crippen molar-refractivity contribution in [1.82, 2.24) is 5.32 Å². The second-order valence-corrected chi connectivity index (χ2v) is 8.14. The molecule has 128 valence electrons. The van der Waals surface area contributed by atoms with E-state index >= 15 is 0 Å². The Morgan fingerprint density at radius 1 is 1.39 bits per heavy atom. The van der Waals surface area contributed by atoms with Crippen molar-refractivity contribution in [3.05, 3.63) is 23.8 Å². The first-order valence-corrected chi connectivity index (χ1v) is 9.59. The standard InChI is InChI=1S/C16H25N3O3S/c1-12(2)10-13-14(19(3)23(4,20)21)6-5-7-15(13)22-11-16-17-8-9-18-16/h5-7,12H,8-11H2,1-4H3,(H,17,18). The van der Waals surface area contributed by atoms with Crippen LogP contribution in [0.25, 0.3) is 0 Å². The molecule has 1 aromatic rings. The summed E-state index contributed by atoms with van der Waals surface area (Å²) in [5.41, 5.74) is 1.58. The molecule has 0 saturated carbocycles. The van der Waals surface area contributed by atoms with E-state index < -0.39 is 10.0 Å². The highest BCUT2D eigenvalue weighted by Gasteiger charge is 2.20. The van der Waals surface area contributed by atoms with E-state index in [0.29, 0.717) is 24.0 Å². The molecule has 23 heavy (non-hydrogen) atoms. The van der Waals surface area contributed by atoms with Gasteiger partial charge in [-0.1, -0.05) is 19.9 Å². The zero-order valence-corrected chi connectivity index (χ0v) is 15.0. The fourth-order valence-electron chi connectivity index (χ4n) is 2.47. The number of nitrogens with zero attached hydrogens (tertiary/aromatic N) is 2. The maximum atomic E-state index is 11.9. The molecule has 1 aromatic carbocycles. The van der Waals surface area contributed by atoms with E-state index in [4.69, 9.17) is 4.74 Å². The second kappa shape index (κ2) is 7.21. The third kappa shape index (κ3) is 4.60. The van der Waals surface area contributed by atoms with E-state index in [0.717, 1.165) is 30.9 Å². The van der Waals surface area contributed by atoms with Crippen LogP contribution in [0.1, 0.15) is 19.4 Å². The molecule has 6 nitrogen and oxygen atoms in total. The Hall–Kier alpha value is -1.76. The molecule has 7 heteroatoms. The predicted octanol–water partition coefficient (Wildman–Crippen LogP) is 1.66. The van der Waals surface area contributed by atoms with E-state index in [2.05, 4.69) is 24.2 Å². The fraction of sp³-hybridized carbons (Fsp3) is 0.562. The van der Waals surface area contributed by atoms with Crippen LogP contribution in [-0.2, 0) is 16.4 Å². The molecule has 0 spiro atoms. The molecule has 0 saturated heterocycles. The van der Waals surface area contributed by atoms with Gasteiger partial charge < -0.3 is 10.1 Å². The normalized spacial score (nSPS) is 14.6. The number of sulfonamides is 1. The highest BCUT2D eigenvalue weighted by molar-refractivity contribution is 7.92. The van der Waals surface area contributed by atoms with Gasteiger partial charge >= 0.3 is 0 Å². The van der Waals surface area contributed by atoms with Crippen LogP contribution < -0.4 is 14.4 Å². The molecule has 0 amide bonds. The highest BCUT2D eigenvalue weighted by Crippen LogP contribution is 2.32. The molecule has 1 N–H and O–H groups in total. The molecule has 1 heterocycles. The van der Waals surface area contributed by atoms with Crippen molar-refractivity contribution in [2.75, 3.05) is 37.3 Å². The summed E-state index contributed by atoms with van der Waals surface area (Å²) in [5, 5.41) is 3.17. The van der Waals surface area contributed by atoms with E-state index in [9.17, 15) is 8.42 Å². The van der Waals surface area contributed by atoms with Gasteiger partial charge in [-0.25, -0.2) is 8.42 Å². The largest absolute Gasteiger partial charge is 0.485 e. The average molecular weight is 339 g/mol. The number of amidine groups is 1. The Kier molecular flexibility index (Phi) is 5.51. The Morgan fingerprint density at radius 3 is 2.70 bits per heavy atom. The lowest BCUT2D eigenvalue weighted by Gasteiger charge is -2.23. The van der Waals surface area contributed by atoms with Crippen LogP contribution in [0, 0.1) is 5.92 Å². The van der Waals surface area contributed by atoms with E-state index in [1.807, 2.05) is 18.2 Å². The lowest BCUT2D eigenvalue weighted by molar-refractivity contribution is 0.367. The summed E-state index contributed by atoms with van der Waals surface area (Å²) in [4.78, 5) is 4.31. The SMILES string of the molecule is CC(C)Cc1c(OCC2=NCCN2)cccc1N(C)S(C)(=O)=O. The third-order valence-electron chi connectivity index (χ3n) is 3.67. The summed E-state index contributed by atoms with van der Waals surface area (Å²) in [6, 6.07) is 5.52. The molecule has 0 aromatic heterocycles. The van der Waals surface area contributed by atoms with Crippen LogP contribution in [0.15, 0.2) is 23.2 Å². The van der Waals surface area contributed by atoms with Gasteiger partial charge in [0.1, 0.15) is 18.2 Å². The first-order valence-electron chi connectivity index (χ1n) is 7.75. The summed E-state index contributed by atoms with van der Waals surface area (Å²) < 4.78 is 31.0. The van der Waals surface area contributed by atoms with Crippen molar-refractivity contribution in [3.8, 4) is 5.75 Å². The van der Waals surface area contributed by atoms with Crippen LogP contribution >= 0.6 is 0 Å². The number of aliphatic imine (C=N–C) groups is 1. The first-order chi connectivity index (χ1) is 10.8. The van der Waals surface area contributed by atoms with Crippen LogP contribution in [0.2, 0.25) is 0 Å². The molecule has 0 radical (unpaired) electrons. The Balaban J connectivity index is 2.32. The lowest BCUT2D eigenvalue weighted by Crippen LogP contribution is -2.27. The number of benzene rings is 1. The van der Waals surface area contributed by atoms with Crippen LogP contribution in [0.3, 0.4) is 0 Å². The Labute approximate surface area is 138 Å². The van der Waals surface area contributed by atoms with E-state index in [1.54, 1.807) is 7.05 Å². The molecule has 0 bridgehead atoms. The summed E-state index contributed by atoms with van der Waals surface area (Å²) in [6.45, 7) is 6.19. The molecule has 2 rings (SSSR count). The van der Waals surface area contributed by atoms with Crippen LogP contribution in [0.5, 0.6) is 5.75 Å². The maximum absolute atomic E-state index is 11.9. The van der Waals surface area contributed by atoms with Gasteiger partial charge in [-0.05, 0) is 24.5 Å². The number of nitrogens with one attached hydrogen (secondary N) is 1. The molecule has 0 aliphatic carbocycles. The number of ether oxygens (including phenoxy) is 1.